The maximum atomic E-state index is 9.30. The Balaban J connectivity index is 1.83. The molecule has 4 nitrogen and oxygen atoms in total. The van der Waals surface area contributed by atoms with Crippen LogP contribution < -0.4 is 0 Å². The number of aromatic nitrogens is 2. The van der Waals surface area contributed by atoms with E-state index in [9.17, 15) is 5.11 Å². The number of hydrogen-bond donors (Lipinski definition) is 1. The van der Waals surface area contributed by atoms with Gasteiger partial charge in [-0.1, -0.05) is 0 Å². The van der Waals surface area contributed by atoms with Gasteiger partial charge in [-0.3, -0.25) is 4.90 Å². The lowest BCUT2D eigenvalue weighted by Crippen LogP contribution is -2.35. The first kappa shape index (κ1) is 9.05. The number of piperidine rings is 1. The van der Waals surface area contributed by atoms with E-state index in [1.165, 1.54) is 11.7 Å². The van der Waals surface area contributed by atoms with Crippen molar-refractivity contribution in [3.05, 3.63) is 11.9 Å². The van der Waals surface area contributed by atoms with Crippen LogP contribution in [0.4, 0.5) is 0 Å². The fraction of sp³-hybridized carbons (Fsp3) is 0.750. The Morgan fingerprint density at radius 1 is 1.54 bits per heavy atom. The van der Waals surface area contributed by atoms with Crippen molar-refractivity contribution in [3.63, 3.8) is 0 Å². The molecule has 2 heterocycles. The zero-order valence-electron chi connectivity index (χ0n) is 7.39. The maximum absolute atomic E-state index is 9.30. The summed E-state index contributed by atoms with van der Waals surface area (Å²) in [5.41, 5.74) is 1.04. The van der Waals surface area contributed by atoms with Gasteiger partial charge in [0.2, 0.25) is 0 Å². The largest absolute Gasteiger partial charge is 0.393 e. The molecule has 1 aliphatic rings. The van der Waals surface area contributed by atoms with Crippen LogP contribution in [0.5, 0.6) is 0 Å². The second kappa shape index (κ2) is 4.13. The van der Waals surface area contributed by atoms with Crippen molar-refractivity contribution in [1.82, 2.24) is 13.6 Å². The molecule has 1 aromatic heterocycles. The molecule has 0 atom stereocenters. The molecule has 1 saturated heterocycles. The molecule has 2 rings (SSSR count). The topological polar surface area (TPSA) is 49.2 Å². The van der Waals surface area contributed by atoms with E-state index < -0.39 is 0 Å². The van der Waals surface area contributed by atoms with E-state index in [0.29, 0.717) is 0 Å². The van der Waals surface area contributed by atoms with Crippen molar-refractivity contribution in [3.8, 4) is 0 Å². The van der Waals surface area contributed by atoms with Crippen molar-refractivity contribution >= 4 is 11.7 Å². The van der Waals surface area contributed by atoms with Gasteiger partial charge in [-0.15, -0.1) is 0 Å². The second-order valence-corrected chi connectivity index (χ2v) is 3.96. The van der Waals surface area contributed by atoms with Crippen LogP contribution in [0.2, 0.25) is 0 Å². The molecule has 13 heavy (non-hydrogen) atoms. The predicted octanol–water partition coefficient (Wildman–Crippen LogP) is 0.495. The van der Waals surface area contributed by atoms with Crippen LogP contribution >= 0.6 is 11.7 Å². The van der Waals surface area contributed by atoms with Gasteiger partial charge in [-0.25, -0.2) is 0 Å². The van der Waals surface area contributed by atoms with Crippen LogP contribution in [0.1, 0.15) is 18.5 Å². The number of nitrogens with zero attached hydrogens (tertiary/aromatic N) is 3. The monoisotopic (exact) mass is 199 g/mol. The third-order valence-electron chi connectivity index (χ3n) is 2.35. The molecule has 5 heteroatoms. The van der Waals surface area contributed by atoms with E-state index in [0.717, 1.165) is 38.2 Å². The minimum absolute atomic E-state index is 0.0928. The fourth-order valence-corrected chi connectivity index (χ4v) is 1.99. The lowest BCUT2D eigenvalue weighted by molar-refractivity contribution is 0.0788. The molecular formula is C8H13N3OS. The number of rotatable bonds is 2. The highest BCUT2D eigenvalue weighted by Gasteiger charge is 2.17. The van der Waals surface area contributed by atoms with Crippen molar-refractivity contribution in [2.75, 3.05) is 13.1 Å². The summed E-state index contributed by atoms with van der Waals surface area (Å²) >= 11 is 1.25. The Bertz CT molecular complexity index is 244. The molecule has 0 saturated carbocycles. The summed E-state index contributed by atoms with van der Waals surface area (Å²) < 4.78 is 8.11. The first-order valence-electron chi connectivity index (χ1n) is 4.51. The van der Waals surface area contributed by atoms with Gasteiger partial charge >= 0.3 is 0 Å². The predicted molar refractivity (Wildman–Crippen MR) is 50.4 cm³/mol. The van der Waals surface area contributed by atoms with E-state index in [1.807, 2.05) is 6.20 Å². The van der Waals surface area contributed by atoms with Gasteiger partial charge in [0.1, 0.15) is 0 Å². The Morgan fingerprint density at radius 2 is 2.31 bits per heavy atom. The highest BCUT2D eigenvalue weighted by molar-refractivity contribution is 6.99. The number of aliphatic hydroxyl groups excluding tert-OH is 1. The summed E-state index contributed by atoms with van der Waals surface area (Å²) in [6, 6.07) is 0. The molecule has 0 amide bonds. The zero-order valence-corrected chi connectivity index (χ0v) is 8.20. The molecular weight excluding hydrogens is 186 g/mol. The standard InChI is InChI=1S/C8H13N3OS/c12-8-1-3-11(4-2-8)6-7-5-9-13-10-7/h5,8,12H,1-4,6H2. The summed E-state index contributed by atoms with van der Waals surface area (Å²) in [5.74, 6) is 0. The van der Waals surface area contributed by atoms with Crippen molar-refractivity contribution in [1.29, 1.82) is 0 Å². The first-order valence-corrected chi connectivity index (χ1v) is 5.24. The molecule has 0 aliphatic carbocycles. The molecule has 0 spiro atoms. The average molecular weight is 199 g/mol. The molecule has 1 fully saturated rings. The van der Waals surface area contributed by atoms with Crippen LogP contribution in [0.3, 0.4) is 0 Å². The first-order chi connectivity index (χ1) is 6.34. The average Bonchev–Trinajstić information content (AvgIpc) is 2.62. The highest BCUT2D eigenvalue weighted by atomic mass is 32.1. The summed E-state index contributed by atoms with van der Waals surface area (Å²) in [7, 11) is 0. The molecule has 1 aromatic rings. The van der Waals surface area contributed by atoms with E-state index >= 15 is 0 Å². The molecule has 72 valence electrons. The van der Waals surface area contributed by atoms with Gasteiger partial charge in [0.05, 0.1) is 29.7 Å². The molecule has 0 radical (unpaired) electrons. The zero-order chi connectivity index (χ0) is 9.10. The third-order valence-corrected chi connectivity index (χ3v) is 2.87. The van der Waals surface area contributed by atoms with Gasteiger partial charge < -0.3 is 5.11 Å². The van der Waals surface area contributed by atoms with Gasteiger partial charge in [0.15, 0.2) is 0 Å². The highest BCUT2D eigenvalue weighted by Crippen LogP contribution is 2.12. The molecule has 0 aromatic carbocycles. The van der Waals surface area contributed by atoms with Gasteiger partial charge in [-0.2, -0.15) is 8.75 Å². The van der Waals surface area contributed by atoms with E-state index in [1.54, 1.807) is 0 Å². The smallest absolute Gasteiger partial charge is 0.0883 e. The van der Waals surface area contributed by atoms with Crippen LogP contribution in [0.25, 0.3) is 0 Å². The van der Waals surface area contributed by atoms with Crippen molar-refractivity contribution in [2.24, 2.45) is 0 Å². The summed E-state index contributed by atoms with van der Waals surface area (Å²) in [6.45, 7) is 2.82. The summed E-state index contributed by atoms with van der Waals surface area (Å²) in [6.07, 6.45) is 3.50. The molecule has 1 aliphatic heterocycles. The number of likely N-dealkylation sites (tertiary alicyclic amines) is 1. The quantitative estimate of drug-likeness (QED) is 0.753. The van der Waals surface area contributed by atoms with Gasteiger partial charge in [0, 0.05) is 19.6 Å². The van der Waals surface area contributed by atoms with E-state index in [4.69, 9.17) is 0 Å². The van der Waals surface area contributed by atoms with E-state index in [2.05, 4.69) is 13.6 Å². The second-order valence-electron chi connectivity index (χ2n) is 3.41. The normalized spacial score (nSPS) is 20.7. The van der Waals surface area contributed by atoms with E-state index in [-0.39, 0.29) is 6.10 Å². The lowest BCUT2D eigenvalue weighted by Gasteiger charge is -2.28. The Hall–Kier alpha value is -0.520. The minimum Gasteiger partial charge on any atom is -0.393 e. The number of aliphatic hydroxyl groups is 1. The molecule has 0 bridgehead atoms. The summed E-state index contributed by atoms with van der Waals surface area (Å²) in [5, 5.41) is 9.30. The van der Waals surface area contributed by atoms with Crippen LogP contribution in [0.15, 0.2) is 6.20 Å². The number of hydrogen-bond acceptors (Lipinski definition) is 5. The SMILES string of the molecule is OC1CCN(Cc2cnsn2)CC1. The Labute approximate surface area is 81.5 Å². The molecule has 1 N–H and O–H groups in total. The molecule has 0 unspecified atom stereocenters. The fourth-order valence-electron chi connectivity index (χ4n) is 1.56. The van der Waals surface area contributed by atoms with Crippen LogP contribution in [0, 0.1) is 0 Å². The lowest BCUT2D eigenvalue weighted by atomic mass is 10.1. The van der Waals surface area contributed by atoms with Crippen LogP contribution in [-0.2, 0) is 6.54 Å². The van der Waals surface area contributed by atoms with Gasteiger partial charge in [-0.05, 0) is 12.8 Å². The van der Waals surface area contributed by atoms with Crippen molar-refractivity contribution < 1.29 is 5.11 Å². The maximum Gasteiger partial charge on any atom is 0.0883 e. The summed E-state index contributed by atoms with van der Waals surface area (Å²) in [4.78, 5) is 2.31. The third kappa shape index (κ3) is 2.46. The minimum atomic E-state index is -0.0928. The van der Waals surface area contributed by atoms with Crippen molar-refractivity contribution in [2.45, 2.75) is 25.5 Å². The van der Waals surface area contributed by atoms with Gasteiger partial charge in [0.25, 0.3) is 0 Å². The van der Waals surface area contributed by atoms with Crippen LogP contribution in [-0.4, -0.2) is 37.9 Å². The Morgan fingerprint density at radius 3 is 2.92 bits per heavy atom. The Kier molecular flexibility index (Phi) is 2.87.